The summed E-state index contributed by atoms with van der Waals surface area (Å²) in [6.07, 6.45) is 1.78. The number of hydrogen-bond donors (Lipinski definition) is 1. The van der Waals surface area contributed by atoms with Crippen molar-refractivity contribution in [3.05, 3.63) is 0 Å². The van der Waals surface area contributed by atoms with Gasteiger partial charge in [-0.1, -0.05) is 13.8 Å². The fourth-order valence-corrected chi connectivity index (χ4v) is 1.82. The van der Waals surface area contributed by atoms with Crippen LogP contribution in [0.5, 0.6) is 0 Å². The van der Waals surface area contributed by atoms with E-state index in [-0.39, 0.29) is 17.4 Å². The summed E-state index contributed by atoms with van der Waals surface area (Å²) in [6, 6.07) is 0. The minimum atomic E-state index is -0.366. The molecule has 0 spiro atoms. The average Bonchev–Trinajstić information content (AvgIpc) is 2.41. The Kier molecular flexibility index (Phi) is 3.53. The zero-order chi connectivity index (χ0) is 10.8. The number of aliphatic hydroxyl groups is 1. The number of amides is 1. The van der Waals surface area contributed by atoms with E-state index >= 15 is 0 Å². The SMILES string of the molecule is CC(O)CCC(=O)N1CCC(C)(C)C1. The maximum Gasteiger partial charge on any atom is 0.222 e. The Bertz CT molecular complexity index is 211. The van der Waals surface area contributed by atoms with Gasteiger partial charge < -0.3 is 10.0 Å². The maximum absolute atomic E-state index is 11.7. The second kappa shape index (κ2) is 4.30. The van der Waals surface area contributed by atoms with Crippen molar-refractivity contribution in [3.63, 3.8) is 0 Å². The molecule has 0 aromatic rings. The third kappa shape index (κ3) is 3.29. The van der Waals surface area contributed by atoms with Gasteiger partial charge in [0.15, 0.2) is 0 Å². The highest BCUT2D eigenvalue weighted by atomic mass is 16.3. The van der Waals surface area contributed by atoms with Gasteiger partial charge in [-0.15, -0.1) is 0 Å². The maximum atomic E-state index is 11.7. The first-order chi connectivity index (χ1) is 6.41. The molecule has 1 atom stereocenters. The first-order valence-corrected chi connectivity index (χ1v) is 5.36. The molecule has 0 aliphatic carbocycles. The molecule has 0 aromatic heterocycles. The van der Waals surface area contributed by atoms with Crippen LogP contribution in [0.1, 0.15) is 40.0 Å². The summed E-state index contributed by atoms with van der Waals surface area (Å²) in [4.78, 5) is 13.6. The van der Waals surface area contributed by atoms with Crippen LogP contribution in [0.25, 0.3) is 0 Å². The first kappa shape index (κ1) is 11.5. The van der Waals surface area contributed by atoms with Gasteiger partial charge >= 0.3 is 0 Å². The van der Waals surface area contributed by atoms with E-state index in [1.54, 1.807) is 6.92 Å². The minimum absolute atomic E-state index is 0.191. The minimum Gasteiger partial charge on any atom is -0.393 e. The fourth-order valence-electron chi connectivity index (χ4n) is 1.82. The summed E-state index contributed by atoms with van der Waals surface area (Å²) in [6.45, 7) is 7.85. The van der Waals surface area contributed by atoms with Crippen molar-refractivity contribution in [2.45, 2.75) is 46.1 Å². The van der Waals surface area contributed by atoms with Crippen LogP contribution in [0.4, 0.5) is 0 Å². The van der Waals surface area contributed by atoms with Crippen molar-refractivity contribution in [1.29, 1.82) is 0 Å². The zero-order valence-electron chi connectivity index (χ0n) is 9.42. The lowest BCUT2D eigenvalue weighted by molar-refractivity contribution is -0.131. The highest BCUT2D eigenvalue weighted by Crippen LogP contribution is 2.29. The van der Waals surface area contributed by atoms with E-state index < -0.39 is 0 Å². The molecule has 1 unspecified atom stereocenters. The van der Waals surface area contributed by atoms with Gasteiger partial charge in [-0.05, 0) is 25.2 Å². The Balaban J connectivity index is 2.33. The monoisotopic (exact) mass is 199 g/mol. The lowest BCUT2D eigenvalue weighted by Crippen LogP contribution is -2.30. The van der Waals surface area contributed by atoms with Crippen LogP contribution in [-0.2, 0) is 4.79 Å². The Labute approximate surface area is 86.1 Å². The molecule has 82 valence electrons. The van der Waals surface area contributed by atoms with Gasteiger partial charge in [0.1, 0.15) is 0 Å². The molecule has 1 rings (SSSR count). The van der Waals surface area contributed by atoms with Crippen molar-refractivity contribution in [3.8, 4) is 0 Å². The summed E-state index contributed by atoms with van der Waals surface area (Å²) in [5.41, 5.74) is 0.278. The lowest BCUT2D eigenvalue weighted by atomic mass is 9.93. The Hall–Kier alpha value is -0.570. The highest BCUT2D eigenvalue weighted by molar-refractivity contribution is 5.76. The quantitative estimate of drug-likeness (QED) is 0.746. The van der Waals surface area contributed by atoms with E-state index in [0.717, 1.165) is 19.5 Å². The van der Waals surface area contributed by atoms with E-state index in [1.807, 2.05) is 4.90 Å². The smallest absolute Gasteiger partial charge is 0.222 e. The van der Waals surface area contributed by atoms with Crippen LogP contribution in [0.3, 0.4) is 0 Å². The molecule has 0 aromatic carbocycles. The van der Waals surface area contributed by atoms with Crippen LogP contribution in [0.15, 0.2) is 0 Å². The van der Waals surface area contributed by atoms with Gasteiger partial charge in [0.05, 0.1) is 6.10 Å². The van der Waals surface area contributed by atoms with Crippen LogP contribution >= 0.6 is 0 Å². The van der Waals surface area contributed by atoms with E-state index in [1.165, 1.54) is 0 Å². The average molecular weight is 199 g/mol. The number of hydrogen-bond acceptors (Lipinski definition) is 2. The molecule has 14 heavy (non-hydrogen) atoms. The Morgan fingerprint density at radius 1 is 1.57 bits per heavy atom. The molecule has 1 aliphatic rings. The number of nitrogens with zero attached hydrogens (tertiary/aromatic N) is 1. The predicted molar refractivity (Wildman–Crippen MR) is 55.9 cm³/mol. The third-order valence-electron chi connectivity index (χ3n) is 2.81. The van der Waals surface area contributed by atoms with Crippen LogP contribution in [-0.4, -0.2) is 35.1 Å². The van der Waals surface area contributed by atoms with Gasteiger partial charge in [-0.2, -0.15) is 0 Å². The molecule has 1 N–H and O–H groups in total. The van der Waals surface area contributed by atoms with E-state index in [9.17, 15) is 4.79 Å². The summed E-state index contributed by atoms with van der Waals surface area (Å²) in [7, 11) is 0. The second-order valence-electron chi connectivity index (χ2n) is 5.12. The second-order valence-corrected chi connectivity index (χ2v) is 5.12. The van der Waals surface area contributed by atoms with Gasteiger partial charge in [0.2, 0.25) is 5.91 Å². The van der Waals surface area contributed by atoms with E-state index in [4.69, 9.17) is 5.11 Å². The Morgan fingerprint density at radius 2 is 2.21 bits per heavy atom. The first-order valence-electron chi connectivity index (χ1n) is 5.36. The van der Waals surface area contributed by atoms with Crippen molar-refractivity contribution >= 4 is 5.91 Å². The number of carbonyl (C=O) groups excluding carboxylic acids is 1. The van der Waals surface area contributed by atoms with Gasteiger partial charge in [-0.3, -0.25) is 4.79 Å². The van der Waals surface area contributed by atoms with Crippen molar-refractivity contribution < 1.29 is 9.90 Å². The molecule has 0 radical (unpaired) electrons. The number of carbonyl (C=O) groups is 1. The molecule has 0 saturated carbocycles. The zero-order valence-corrected chi connectivity index (χ0v) is 9.42. The molecule has 3 heteroatoms. The molecule has 3 nitrogen and oxygen atoms in total. The third-order valence-corrected chi connectivity index (χ3v) is 2.81. The topological polar surface area (TPSA) is 40.5 Å². The molecule has 0 bridgehead atoms. The number of rotatable bonds is 3. The van der Waals surface area contributed by atoms with Gasteiger partial charge in [0, 0.05) is 19.5 Å². The molecule has 1 fully saturated rings. The van der Waals surface area contributed by atoms with Crippen molar-refractivity contribution in [2.24, 2.45) is 5.41 Å². The normalized spacial score (nSPS) is 22.4. The van der Waals surface area contributed by atoms with Gasteiger partial charge in [0.25, 0.3) is 0 Å². The molecular weight excluding hydrogens is 178 g/mol. The highest BCUT2D eigenvalue weighted by Gasteiger charge is 2.31. The predicted octanol–water partition coefficient (Wildman–Crippen LogP) is 1.41. The molecule has 1 heterocycles. The Morgan fingerprint density at radius 3 is 2.64 bits per heavy atom. The van der Waals surface area contributed by atoms with E-state index in [2.05, 4.69) is 13.8 Å². The summed E-state index contributed by atoms with van der Waals surface area (Å²) < 4.78 is 0. The molecule has 1 saturated heterocycles. The summed E-state index contributed by atoms with van der Waals surface area (Å²) in [5.74, 6) is 0.191. The van der Waals surface area contributed by atoms with Crippen LogP contribution in [0.2, 0.25) is 0 Å². The van der Waals surface area contributed by atoms with E-state index in [0.29, 0.717) is 12.8 Å². The van der Waals surface area contributed by atoms with Crippen molar-refractivity contribution in [2.75, 3.05) is 13.1 Å². The fraction of sp³-hybridized carbons (Fsp3) is 0.909. The van der Waals surface area contributed by atoms with Crippen LogP contribution in [0, 0.1) is 5.41 Å². The standard InChI is InChI=1S/C11H21NO2/c1-9(13)4-5-10(14)12-7-6-11(2,3)8-12/h9,13H,4-8H2,1-3H3. The number of aliphatic hydroxyl groups excluding tert-OH is 1. The van der Waals surface area contributed by atoms with Gasteiger partial charge in [-0.25, -0.2) is 0 Å². The van der Waals surface area contributed by atoms with Crippen LogP contribution < -0.4 is 0 Å². The van der Waals surface area contributed by atoms with Crippen molar-refractivity contribution in [1.82, 2.24) is 4.90 Å². The number of likely N-dealkylation sites (tertiary alicyclic amines) is 1. The summed E-state index contributed by atoms with van der Waals surface area (Å²) >= 11 is 0. The summed E-state index contributed by atoms with van der Waals surface area (Å²) in [5, 5.41) is 9.08. The molecule has 1 amide bonds. The lowest BCUT2D eigenvalue weighted by Gasteiger charge is -2.20. The molecular formula is C11H21NO2. The largest absolute Gasteiger partial charge is 0.393 e. The molecule has 1 aliphatic heterocycles.